The Morgan fingerprint density at radius 2 is 1.61 bits per heavy atom. The summed E-state index contributed by atoms with van der Waals surface area (Å²) in [6.07, 6.45) is 2.20. The first-order valence-electron chi connectivity index (χ1n) is 7.28. The van der Waals surface area contributed by atoms with Crippen molar-refractivity contribution in [2.45, 2.75) is 6.42 Å². The number of rotatable bonds is 4. The molecule has 0 aliphatic carbocycles. The van der Waals surface area contributed by atoms with Crippen molar-refractivity contribution in [2.75, 3.05) is 5.32 Å². The first-order chi connectivity index (χ1) is 11.2. The van der Waals surface area contributed by atoms with E-state index >= 15 is 0 Å². The largest absolute Gasteiger partial charge is 0.322 e. The van der Waals surface area contributed by atoms with Gasteiger partial charge in [-0.25, -0.2) is 0 Å². The molecule has 0 saturated heterocycles. The number of halogens is 1. The van der Waals surface area contributed by atoms with Gasteiger partial charge in [-0.15, -0.1) is 0 Å². The molecular formula is C19H15ClN2O. The van der Waals surface area contributed by atoms with Crippen molar-refractivity contribution in [3.05, 3.63) is 94.8 Å². The molecule has 0 spiro atoms. The second-order valence-corrected chi connectivity index (χ2v) is 5.48. The molecule has 1 amide bonds. The average Bonchev–Trinajstić information content (AvgIpc) is 2.58. The summed E-state index contributed by atoms with van der Waals surface area (Å²) >= 11 is 6.40. The number of carbonyl (C=O) groups excluding carboxylic acids is 1. The Hall–Kier alpha value is -2.65. The number of amides is 1. The smallest absolute Gasteiger partial charge is 0.257 e. The summed E-state index contributed by atoms with van der Waals surface area (Å²) in [4.78, 5) is 16.7. The zero-order chi connectivity index (χ0) is 16.1. The van der Waals surface area contributed by atoms with E-state index in [-0.39, 0.29) is 5.91 Å². The van der Waals surface area contributed by atoms with Crippen LogP contribution in [-0.4, -0.2) is 10.9 Å². The number of carbonyl (C=O) groups is 1. The van der Waals surface area contributed by atoms with Crippen molar-refractivity contribution in [2.24, 2.45) is 0 Å². The van der Waals surface area contributed by atoms with Gasteiger partial charge in [0.2, 0.25) is 0 Å². The molecule has 1 heterocycles. The van der Waals surface area contributed by atoms with E-state index in [9.17, 15) is 4.79 Å². The molecule has 0 atom stereocenters. The van der Waals surface area contributed by atoms with Crippen LogP contribution in [0.15, 0.2) is 72.9 Å². The topological polar surface area (TPSA) is 42.0 Å². The molecule has 0 fully saturated rings. The Balaban J connectivity index is 1.83. The highest BCUT2D eigenvalue weighted by Crippen LogP contribution is 2.23. The van der Waals surface area contributed by atoms with Gasteiger partial charge in [-0.3, -0.25) is 9.78 Å². The molecule has 3 rings (SSSR count). The van der Waals surface area contributed by atoms with E-state index in [1.807, 2.05) is 60.7 Å². The minimum absolute atomic E-state index is 0.238. The maximum absolute atomic E-state index is 12.4. The fourth-order valence-corrected chi connectivity index (χ4v) is 2.56. The third kappa shape index (κ3) is 3.76. The predicted molar refractivity (Wildman–Crippen MR) is 92.9 cm³/mol. The Kier molecular flexibility index (Phi) is 4.69. The van der Waals surface area contributed by atoms with E-state index in [1.165, 1.54) is 0 Å². The van der Waals surface area contributed by atoms with Gasteiger partial charge in [0.05, 0.1) is 16.3 Å². The standard InChI is InChI=1S/C19H15ClN2O/c20-18-16(19(23)22-15-9-5-2-6-10-15)11-12-21-17(18)13-14-7-3-1-4-8-14/h1-12H,13H2,(H,22,23). The lowest BCUT2D eigenvalue weighted by atomic mass is 10.1. The lowest BCUT2D eigenvalue weighted by Gasteiger charge is -2.09. The Bertz CT molecular complexity index is 804. The quantitative estimate of drug-likeness (QED) is 0.764. The molecule has 1 N–H and O–H groups in total. The number of nitrogens with zero attached hydrogens (tertiary/aromatic N) is 1. The maximum Gasteiger partial charge on any atom is 0.257 e. The van der Waals surface area contributed by atoms with Gasteiger partial charge < -0.3 is 5.32 Å². The van der Waals surface area contributed by atoms with Gasteiger partial charge in [0.25, 0.3) is 5.91 Å². The fourth-order valence-electron chi connectivity index (χ4n) is 2.29. The molecule has 0 saturated carbocycles. The average molecular weight is 323 g/mol. The van der Waals surface area contributed by atoms with Gasteiger partial charge in [0.15, 0.2) is 0 Å². The third-order valence-corrected chi connectivity index (χ3v) is 3.87. The van der Waals surface area contributed by atoms with Crippen molar-refractivity contribution < 1.29 is 4.79 Å². The van der Waals surface area contributed by atoms with Crippen molar-refractivity contribution in [1.29, 1.82) is 0 Å². The van der Waals surface area contributed by atoms with Crippen LogP contribution in [0, 0.1) is 0 Å². The number of hydrogen-bond acceptors (Lipinski definition) is 2. The summed E-state index contributed by atoms with van der Waals surface area (Å²) in [6.45, 7) is 0. The molecule has 1 aromatic heterocycles. The van der Waals surface area contributed by atoms with Crippen LogP contribution in [0.3, 0.4) is 0 Å². The summed E-state index contributed by atoms with van der Waals surface area (Å²) < 4.78 is 0. The summed E-state index contributed by atoms with van der Waals surface area (Å²) in [7, 11) is 0. The van der Waals surface area contributed by atoms with E-state index in [0.717, 1.165) is 11.3 Å². The van der Waals surface area contributed by atoms with E-state index in [1.54, 1.807) is 12.3 Å². The zero-order valence-corrected chi connectivity index (χ0v) is 13.1. The Labute approximate surface area is 140 Å². The van der Waals surface area contributed by atoms with Crippen LogP contribution in [0.2, 0.25) is 5.02 Å². The highest BCUT2D eigenvalue weighted by Gasteiger charge is 2.14. The molecule has 23 heavy (non-hydrogen) atoms. The van der Waals surface area contributed by atoms with Crippen LogP contribution >= 0.6 is 11.6 Å². The number of para-hydroxylation sites is 1. The van der Waals surface area contributed by atoms with Gasteiger partial charge in [-0.2, -0.15) is 0 Å². The second-order valence-electron chi connectivity index (χ2n) is 5.10. The van der Waals surface area contributed by atoms with Crippen molar-refractivity contribution >= 4 is 23.2 Å². The normalized spacial score (nSPS) is 10.3. The number of anilines is 1. The second kappa shape index (κ2) is 7.07. The Morgan fingerprint density at radius 1 is 0.957 bits per heavy atom. The lowest BCUT2D eigenvalue weighted by molar-refractivity contribution is 0.102. The van der Waals surface area contributed by atoms with Crippen LogP contribution in [-0.2, 0) is 6.42 Å². The first-order valence-corrected chi connectivity index (χ1v) is 7.65. The molecule has 0 aliphatic rings. The highest BCUT2D eigenvalue weighted by molar-refractivity contribution is 6.35. The van der Waals surface area contributed by atoms with Gasteiger partial charge >= 0.3 is 0 Å². The van der Waals surface area contributed by atoms with Crippen molar-refractivity contribution in [3.63, 3.8) is 0 Å². The number of aromatic nitrogens is 1. The molecule has 0 aliphatic heterocycles. The van der Waals surface area contributed by atoms with E-state index in [2.05, 4.69) is 10.3 Å². The molecule has 3 nitrogen and oxygen atoms in total. The molecule has 2 aromatic carbocycles. The molecule has 3 aromatic rings. The van der Waals surface area contributed by atoms with Crippen LogP contribution in [0.4, 0.5) is 5.69 Å². The SMILES string of the molecule is O=C(Nc1ccccc1)c1ccnc(Cc2ccccc2)c1Cl. The number of pyridine rings is 1. The highest BCUT2D eigenvalue weighted by atomic mass is 35.5. The van der Waals surface area contributed by atoms with Gasteiger partial charge in [-0.05, 0) is 23.8 Å². The molecule has 0 bridgehead atoms. The summed E-state index contributed by atoms with van der Waals surface area (Å²) in [5.41, 5.74) is 2.95. The monoisotopic (exact) mass is 322 g/mol. The van der Waals surface area contributed by atoms with Gasteiger partial charge in [0, 0.05) is 18.3 Å². The van der Waals surface area contributed by atoms with Gasteiger partial charge in [-0.1, -0.05) is 60.1 Å². The number of benzene rings is 2. The third-order valence-electron chi connectivity index (χ3n) is 3.45. The van der Waals surface area contributed by atoms with Crippen LogP contribution in [0.5, 0.6) is 0 Å². The van der Waals surface area contributed by atoms with Crippen LogP contribution in [0.1, 0.15) is 21.6 Å². The number of nitrogens with one attached hydrogen (secondary N) is 1. The predicted octanol–water partition coefficient (Wildman–Crippen LogP) is 4.58. The molecule has 0 unspecified atom stereocenters. The van der Waals surface area contributed by atoms with Crippen LogP contribution < -0.4 is 5.32 Å². The fraction of sp³-hybridized carbons (Fsp3) is 0.0526. The van der Waals surface area contributed by atoms with E-state index in [0.29, 0.717) is 22.7 Å². The molecule has 0 radical (unpaired) electrons. The summed E-state index contributed by atoms with van der Waals surface area (Å²) in [5.74, 6) is -0.238. The van der Waals surface area contributed by atoms with Crippen molar-refractivity contribution in [1.82, 2.24) is 4.98 Å². The number of hydrogen-bond donors (Lipinski definition) is 1. The van der Waals surface area contributed by atoms with Crippen LogP contribution in [0.25, 0.3) is 0 Å². The Morgan fingerprint density at radius 3 is 2.30 bits per heavy atom. The molecule has 4 heteroatoms. The molecular weight excluding hydrogens is 308 g/mol. The summed E-state index contributed by atoms with van der Waals surface area (Å²) in [6, 6.07) is 20.8. The maximum atomic E-state index is 12.4. The zero-order valence-electron chi connectivity index (χ0n) is 12.4. The summed E-state index contributed by atoms with van der Waals surface area (Å²) in [5, 5.41) is 3.23. The minimum atomic E-state index is -0.238. The van der Waals surface area contributed by atoms with E-state index < -0.39 is 0 Å². The van der Waals surface area contributed by atoms with Gasteiger partial charge in [0.1, 0.15) is 0 Å². The molecule has 114 valence electrons. The van der Waals surface area contributed by atoms with Crippen molar-refractivity contribution in [3.8, 4) is 0 Å². The van der Waals surface area contributed by atoms with E-state index in [4.69, 9.17) is 11.6 Å². The lowest BCUT2D eigenvalue weighted by Crippen LogP contribution is -2.13. The first kappa shape index (κ1) is 15.3. The minimum Gasteiger partial charge on any atom is -0.322 e.